The standard InChI is InChI=1S/C14H13N.C2H3N3.C2H6.CH3NO/c1-2-15-13-9-5-3-7-11(13)12-8-4-6-10-14(12)15;1-3-2-5-4-1;1-2;2-1-3/h3-10H,2H2,1H3;1-2H,(H,3,4,5);1-2H3;1H,(H2,2,3). The highest BCUT2D eigenvalue weighted by Gasteiger charge is 2.06. The summed E-state index contributed by atoms with van der Waals surface area (Å²) in [5, 5.41) is 8.70. The van der Waals surface area contributed by atoms with Crippen LogP contribution in [-0.4, -0.2) is 26.2 Å². The van der Waals surface area contributed by atoms with Gasteiger partial charge in [-0.2, -0.15) is 5.10 Å². The molecule has 0 atom stereocenters. The molecule has 4 aromatic rings. The van der Waals surface area contributed by atoms with E-state index in [2.05, 4.69) is 80.9 Å². The van der Waals surface area contributed by atoms with Gasteiger partial charge in [0.05, 0.1) is 0 Å². The average Bonchev–Trinajstić information content (AvgIpc) is 3.34. The van der Waals surface area contributed by atoms with Crippen molar-refractivity contribution in [2.24, 2.45) is 5.73 Å². The summed E-state index contributed by atoms with van der Waals surface area (Å²) in [6.45, 7) is 7.22. The van der Waals surface area contributed by atoms with Crippen LogP contribution in [0.5, 0.6) is 0 Å². The van der Waals surface area contributed by atoms with E-state index >= 15 is 0 Å². The Kier molecular flexibility index (Phi) is 9.07. The SMILES string of the molecule is CC.CCn1c2ccccc2c2ccccc21.NC=O.c1nc[nH]n1. The number of aryl methyl sites for hydroxylation is 1. The molecule has 0 saturated heterocycles. The van der Waals surface area contributed by atoms with Crippen LogP contribution in [0.2, 0.25) is 0 Å². The van der Waals surface area contributed by atoms with Crippen molar-refractivity contribution in [1.29, 1.82) is 0 Å². The van der Waals surface area contributed by atoms with Crippen molar-refractivity contribution < 1.29 is 4.79 Å². The first-order chi connectivity index (χ1) is 12.3. The van der Waals surface area contributed by atoms with E-state index in [9.17, 15) is 0 Å². The molecule has 0 radical (unpaired) electrons. The molecule has 3 N–H and O–H groups in total. The number of nitrogens with zero attached hydrogens (tertiary/aromatic N) is 3. The minimum atomic E-state index is 0.250. The second kappa shape index (κ2) is 11.4. The molecule has 0 bridgehead atoms. The van der Waals surface area contributed by atoms with Gasteiger partial charge in [0.2, 0.25) is 6.41 Å². The highest BCUT2D eigenvalue weighted by atomic mass is 16.1. The Balaban J connectivity index is 0.000000261. The molecule has 2 heterocycles. The minimum Gasteiger partial charge on any atom is -0.372 e. The van der Waals surface area contributed by atoms with Crippen molar-refractivity contribution in [2.75, 3.05) is 0 Å². The fourth-order valence-corrected chi connectivity index (χ4v) is 2.51. The number of primary amides is 1. The number of benzene rings is 2. The predicted octanol–water partition coefficient (Wildman–Crippen LogP) is 3.75. The van der Waals surface area contributed by atoms with Crippen molar-refractivity contribution in [3.8, 4) is 0 Å². The second-order valence-corrected chi connectivity index (χ2v) is 4.57. The lowest BCUT2D eigenvalue weighted by Crippen LogP contribution is -1.91. The van der Waals surface area contributed by atoms with Gasteiger partial charge in [0, 0.05) is 28.4 Å². The second-order valence-electron chi connectivity index (χ2n) is 4.57. The van der Waals surface area contributed by atoms with Crippen LogP contribution in [0.4, 0.5) is 0 Å². The first kappa shape index (κ1) is 19.9. The average molecular weight is 339 g/mol. The normalized spacial score (nSPS) is 9.08. The Morgan fingerprint density at radius 2 is 1.52 bits per heavy atom. The summed E-state index contributed by atoms with van der Waals surface area (Å²) in [5.41, 5.74) is 6.84. The maximum absolute atomic E-state index is 8.58. The molecule has 2 aromatic carbocycles. The van der Waals surface area contributed by atoms with Crippen molar-refractivity contribution >= 4 is 28.2 Å². The van der Waals surface area contributed by atoms with E-state index in [-0.39, 0.29) is 6.41 Å². The molecular formula is C19H25N5O. The quantitative estimate of drug-likeness (QED) is 0.518. The number of aromatic amines is 1. The van der Waals surface area contributed by atoms with E-state index in [4.69, 9.17) is 4.79 Å². The van der Waals surface area contributed by atoms with E-state index in [1.807, 2.05) is 13.8 Å². The number of hydrogen-bond acceptors (Lipinski definition) is 3. The van der Waals surface area contributed by atoms with Gasteiger partial charge in [0.25, 0.3) is 0 Å². The monoisotopic (exact) mass is 339 g/mol. The molecule has 6 heteroatoms. The predicted molar refractivity (Wildman–Crippen MR) is 103 cm³/mol. The van der Waals surface area contributed by atoms with E-state index in [1.54, 1.807) is 0 Å². The van der Waals surface area contributed by atoms with Gasteiger partial charge in [-0.25, -0.2) is 4.98 Å². The van der Waals surface area contributed by atoms with E-state index in [0.29, 0.717) is 0 Å². The Morgan fingerprint density at radius 3 is 1.84 bits per heavy atom. The summed E-state index contributed by atoms with van der Waals surface area (Å²) in [5.74, 6) is 0. The molecule has 1 amide bonds. The zero-order valence-corrected chi connectivity index (χ0v) is 14.9. The van der Waals surface area contributed by atoms with Crippen molar-refractivity contribution in [1.82, 2.24) is 19.7 Å². The molecule has 2 aromatic heterocycles. The van der Waals surface area contributed by atoms with E-state index in [0.717, 1.165) is 6.54 Å². The zero-order chi connectivity index (χ0) is 18.5. The van der Waals surface area contributed by atoms with Crippen LogP contribution >= 0.6 is 0 Å². The molecule has 0 spiro atoms. The summed E-state index contributed by atoms with van der Waals surface area (Å²) in [7, 11) is 0. The number of para-hydroxylation sites is 2. The van der Waals surface area contributed by atoms with Crippen LogP contribution in [-0.2, 0) is 11.3 Å². The number of nitrogens with two attached hydrogens (primary N) is 1. The third-order valence-corrected chi connectivity index (χ3v) is 3.33. The van der Waals surface area contributed by atoms with Gasteiger partial charge in [0.1, 0.15) is 12.7 Å². The summed E-state index contributed by atoms with van der Waals surface area (Å²) in [4.78, 5) is 12.1. The number of carbonyl (C=O) groups is 1. The first-order valence-electron chi connectivity index (χ1n) is 8.23. The van der Waals surface area contributed by atoms with Crippen molar-refractivity contribution in [2.45, 2.75) is 27.3 Å². The van der Waals surface area contributed by atoms with Crippen LogP contribution in [0.15, 0.2) is 61.2 Å². The number of hydrogen-bond donors (Lipinski definition) is 2. The number of fused-ring (bicyclic) bond motifs is 3. The Bertz CT molecular complexity index is 782. The summed E-state index contributed by atoms with van der Waals surface area (Å²) in [6.07, 6.45) is 3.21. The van der Waals surface area contributed by atoms with Gasteiger partial charge < -0.3 is 10.3 Å². The van der Waals surface area contributed by atoms with Gasteiger partial charge in [-0.15, -0.1) is 0 Å². The number of aromatic nitrogens is 4. The van der Waals surface area contributed by atoms with E-state index in [1.165, 1.54) is 34.5 Å². The van der Waals surface area contributed by atoms with Gasteiger partial charge >= 0.3 is 0 Å². The highest BCUT2D eigenvalue weighted by Crippen LogP contribution is 2.28. The zero-order valence-electron chi connectivity index (χ0n) is 14.9. The Morgan fingerprint density at radius 1 is 1.04 bits per heavy atom. The molecule has 0 saturated carbocycles. The third-order valence-electron chi connectivity index (χ3n) is 3.33. The van der Waals surface area contributed by atoms with Gasteiger partial charge in [-0.1, -0.05) is 50.2 Å². The van der Waals surface area contributed by atoms with Crippen LogP contribution < -0.4 is 5.73 Å². The summed E-state index contributed by atoms with van der Waals surface area (Å²) < 4.78 is 2.37. The Labute approximate surface area is 147 Å². The van der Waals surface area contributed by atoms with Gasteiger partial charge in [0.15, 0.2) is 0 Å². The lowest BCUT2D eigenvalue weighted by molar-refractivity contribution is -0.106. The topological polar surface area (TPSA) is 89.6 Å². The van der Waals surface area contributed by atoms with Gasteiger partial charge in [-0.3, -0.25) is 9.89 Å². The fourth-order valence-electron chi connectivity index (χ4n) is 2.51. The van der Waals surface area contributed by atoms with Crippen molar-refractivity contribution in [3.05, 3.63) is 61.2 Å². The highest BCUT2D eigenvalue weighted by molar-refractivity contribution is 6.07. The molecule has 6 nitrogen and oxygen atoms in total. The number of amides is 1. The molecular weight excluding hydrogens is 314 g/mol. The molecule has 0 aliphatic rings. The summed E-state index contributed by atoms with van der Waals surface area (Å²) in [6, 6.07) is 17.2. The van der Waals surface area contributed by atoms with E-state index < -0.39 is 0 Å². The van der Waals surface area contributed by atoms with Crippen LogP contribution in [0.25, 0.3) is 21.8 Å². The maximum atomic E-state index is 8.58. The minimum absolute atomic E-state index is 0.250. The molecule has 0 fully saturated rings. The number of H-pyrrole nitrogens is 1. The maximum Gasteiger partial charge on any atom is 0.204 e. The molecule has 0 unspecified atom stereocenters. The Hall–Kier alpha value is -3.15. The van der Waals surface area contributed by atoms with Gasteiger partial charge in [-0.05, 0) is 19.1 Å². The smallest absolute Gasteiger partial charge is 0.204 e. The number of rotatable bonds is 1. The van der Waals surface area contributed by atoms with Crippen molar-refractivity contribution in [3.63, 3.8) is 0 Å². The first-order valence-corrected chi connectivity index (χ1v) is 8.23. The third kappa shape index (κ3) is 5.17. The number of nitrogens with one attached hydrogen (secondary N) is 1. The lowest BCUT2D eigenvalue weighted by Gasteiger charge is -2.01. The molecule has 0 aliphatic carbocycles. The lowest BCUT2D eigenvalue weighted by atomic mass is 10.2. The molecule has 25 heavy (non-hydrogen) atoms. The summed E-state index contributed by atoms with van der Waals surface area (Å²) >= 11 is 0. The molecule has 132 valence electrons. The molecule has 4 rings (SSSR count). The van der Waals surface area contributed by atoms with Crippen LogP contribution in [0.1, 0.15) is 20.8 Å². The number of carbonyl (C=O) groups excluding carboxylic acids is 1. The molecule has 0 aliphatic heterocycles. The van der Waals surface area contributed by atoms with Crippen LogP contribution in [0.3, 0.4) is 0 Å². The van der Waals surface area contributed by atoms with Crippen LogP contribution in [0, 0.1) is 0 Å². The largest absolute Gasteiger partial charge is 0.372 e. The fraction of sp³-hybridized carbons (Fsp3) is 0.211.